The molecule has 0 aliphatic carbocycles. The van der Waals surface area contributed by atoms with Crippen molar-refractivity contribution < 1.29 is 18.3 Å². The highest BCUT2D eigenvalue weighted by molar-refractivity contribution is 7.80. The molecule has 0 unspecified atom stereocenters. The Bertz CT molecular complexity index is 675. The van der Waals surface area contributed by atoms with Crippen LogP contribution in [0.1, 0.15) is 6.92 Å². The average Bonchev–Trinajstić information content (AvgIpc) is 2.57. The molecule has 128 valence electrons. The van der Waals surface area contributed by atoms with Crippen LogP contribution in [0.25, 0.3) is 0 Å². The predicted molar refractivity (Wildman–Crippen MR) is 93.7 cm³/mol. The Balaban J connectivity index is 1.83. The van der Waals surface area contributed by atoms with E-state index in [0.717, 1.165) is 17.9 Å². The van der Waals surface area contributed by atoms with Gasteiger partial charge in [0.1, 0.15) is 35.4 Å². The minimum atomic E-state index is -0.707. The van der Waals surface area contributed by atoms with Gasteiger partial charge in [0, 0.05) is 0 Å². The SMILES string of the molecule is COc1ccc(OC[C@H](C)NC(=S)Nc2c(F)cccc2F)cc1. The van der Waals surface area contributed by atoms with Crippen molar-refractivity contribution in [3.63, 3.8) is 0 Å². The molecule has 0 aliphatic heterocycles. The lowest BCUT2D eigenvalue weighted by molar-refractivity contribution is 0.286. The fourth-order valence-electron chi connectivity index (χ4n) is 1.93. The van der Waals surface area contributed by atoms with E-state index in [1.54, 1.807) is 31.4 Å². The van der Waals surface area contributed by atoms with Gasteiger partial charge in [-0.2, -0.15) is 0 Å². The fourth-order valence-corrected chi connectivity index (χ4v) is 2.23. The third-order valence-corrected chi connectivity index (χ3v) is 3.36. The molecule has 24 heavy (non-hydrogen) atoms. The first-order valence-electron chi connectivity index (χ1n) is 7.28. The summed E-state index contributed by atoms with van der Waals surface area (Å²) in [5.74, 6) is 0.0110. The maximum Gasteiger partial charge on any atom is 0.171 e. The minimum Gasteiger partial charge on any atom is -0.497 e. The van der Waals surface area contributed by atoms with E-state index in [4.69, 9.17) is 21.7 Å². The zero-order valence-corrected chi connectivity index (χ0v) is 14.1. The van der Waals surface area contributed by atoms with E-state index in [1.165, 1.54) is 6.07 Å². The third-order valence-electron chi connectivity index (χ3n) is 3.14. The van der Waals surface area contributed by atoms with Crippen LogP contribution in [0.3, 0.4) is 0 Å². The highest BCUT2D eigenvalue weighted by Gasteiger charge is 2.11. The van der Waals surface area contributed by atoms with Crippen molar-refractivity contribution in [1.29, 1.82) is 0 Å². The van der Waals surface area contributed by atoms with Gasteiger partial charge in [-0.25, -0.2) is 8.78 Å². The van der Waals surface area contributed by atoms with Gasteiger partial charge in [-0.3, -0.25) is 0 Å². The average molecular weight is 352 g/mol. The number of hydrogen-bond donors (Lipinski definition) is 2. The van der Waals surface area contributed by atoms with Gasteiger partial charge in [0.05, 0.1) is 13.2 Å². The highest BCUT2D eigenvalue weighted by atomic mass is 32.1. The zero-order chi connectivity index (χ0) is 17.5. The Morgan fingerprint density at radius 3 is 2.25 bits per heavy atom. The van der Waals surface area contributed by atoms with Gasteiger partial charge >= 0.3 is 0 Å². The molecule has 0 bridgehead atoms. The maximum atomic E-state index is 13.6. The summed E-state index contributed by atoms with van der Waals surface area (Å²) in [6.45, 7) is 2.17. The Hall–Kier alpha value is -2.41. The second kappa shape index (κ2) is 8.44. The normalized spacial score (nSPS) is 11.5. The molecule has 0 saturated heterocycles. The second-order valence-electron chi connectivity index (χ2n) is 5.08. The quantitative estimate of drug-likeness (QED) is 0.776. The topological polar surface area (TPSA) is 42.5 Å². The van der Waals surface area contributed by atoms with E-state index in [9.17, 15) is 8.78 Å². The fraction of sp³-hybridized carbons (Fsp3) is 0.235. The number of nitrogens with one attached hydrogen (secondary N) is 2. The van der Waals surface area contributed by atoms with Crippen molar-refractivity contribution in [3.8, 4) is 11.5 Å². The molecule has 0 aromatic heterocycles. The standard InChI is InChI=1S/C17H18F2N2O2S/c1-11(10-23-13-8-6-12(22-2)7-9-13)20-17(24)21-16-14(18)4-3-5-15(16)19/h3-9,11H,10H2,1-2H3,(H2,20,21,24)/t11-/m0/s1. The summed E-state index contributed by atoms with van der Waals surface area (Å²) in [7, 11) is 1.59. The van der Waals surface area contributed by atoms with Gasteiger partial charge in [-0.1, -0.05) is 6.07 Å². The van der Waals surface area contributed by atoms with E-state index in [2.05, 4.69) is 10.6 Å². The van der Waals surface area contributed by atoms with Crippen LogP contribution in [0, 0.1) is 11.6 Å². The lowest BCUT2D eigenvalue weighted by Crippen LogP contribution is -2.39. The summed E-state index contributed by atoms with van der Waals surface area (Å²) in [4.78, 5) is 0. The van der Waals surface area contributed by atoms with Crippen LogP contribution in [-0.2, 0) is 0 Å². The molecule has 1 atom stereocenters. The van der Waals surface area contributed by atoms with E-state index in [1.807, 2.05) is 6.92 Å². The van der Waals surface area contributed by atoms with Gasteiger partial charge in [0.15, 0.2) is 5.11 Å². The maximum absolute atomic E-state index is 13.6. The van der Waals surface area contributed by atoms with Crippen molar-refractivity contribution in [3.05, 3.63) is 54.1 Å². The Labute approximate surface area is 144 Å². The van der Waals surface area contributed by atoms with Crippen molar-refractivity contribution in [2.45, 2.75) is 13.0 Å². The molecule has 7 heteroatoms. The number of benzene rings is 2. The molecule has 0 heterocycles. The molecular formula is C17H18F2N2O2S. The Morgan fingerprint density at radius 2 is 1.67 bits per heavy atom. The molecule has 4 nitrogen and oxygen atoms in total. The number of thiocarbonyl (C=S) groups is 1. The molecule has 0 amide bonds. The molecule has 2 rings (SSSR count). The largest absolute Gasteiger partial charge is 0.497 e. The first kappa shape index (κ1) is 17.9. The van der Waals surface area contributed by atoms with Crippen LogP contribution >= 0.6 is 12.2 Å². The first-order valence-corrected chi connectivity index (χ1v) is 7.69. The summed E-state index contributed by atoms with van der Waals surface area (Å²) < 4.78 is 37.8. The third kappa shape index (κ3) is 5.06. The Kier molecular flexibility index (Phi) is 6.31. The monoisotopic (exact) mass is 352 g/mol. The van der Waals surface area contributed by atoms with Crippen molar-refractivity contribution >= 4 is 23.0 Å². The molecule has 0 fully saturated rings. The van der Waals surface area contributed by atoms with Crippen LogP contribution in [0.2, 0.25) is 0 Å². The van der Waals surface area contributed by atoms with Crippen molar-refractivity contribution in [2.75, 3.05) is 19.0 Å². The van der Waals surface area contributed by atoms with Crippen LogP contribution in [0.5, 0.6) is 11.5 Å². The van der Waals surface area contributed by atoms with Crippen LogP contribution in [0.4, 0.5) is 14.5 Å². The number of para-hydroxylation sites is 1. The molecule has 0 radical (unpaired) electrons. The number of hydrogen-bond acceptors (Lipinski definition) is 3. The van der Waals surface area contributed by atoms with Gasteiger partial charge in [-0.15, -0.1) is 0 Å². The van der Waals surface area contributed by atoms with Gasteiger partial charge in [0.25, 0.3) is 0 Å². The summed E-state index contributed by atoms with van der Waals surface area (Å²) in [5, 5.41) is 5.55. The second-order valence-corrected chi connectivity index (χ2v) is 5.49. The molecule has 0 saturated carbocycles. The molecular weight excluding hydrogens is 334 g/mol. The van der Waals surface area contributed by atoms with Crippen molar-refractivity contribution in [2.24, 2.45) is 0 Å². The lowest BCUT2D eigenvalue weighted by atomic mass is 10.3. The number of ether oxygens (including phenoxy) is 2. The van der Waals surface area contributed by atoms with E-state index in [-0.39, 0.29) is 16.8 Å². The smallest absolute Gasteiger partial charge is 0.171 e. The van der Waals surface area contributed by atoms with E-state index in [0.29, 0.717) is 12.4 Å². The Morgan fingerprint density at radius 1 is 1.08 bits per heavy atom. The zero-order valence-electron chi connectivity index (χ0n) is 13.3. The summed E-state index contributed by atoms with van der Waals surface area (Å²) in [6, 6.07) is 10.6. The lowest BCUT2D eigenvalue weighted by Gasteiger charge is -2.18. The van der Waals surface area contributed by atoms with Gasteiger partial charge in [0.2, 0.25) is 0 Å². The van der Waals surface area contributed by atoms with Crippen LogP contribution in [-0.4, -0.2) is 24.9 Å². The van der Waals surface area contributed by atoms with Crippen molar-refractivity contribution in [1.82, 2.24) is 5.32 Å². The summed E-state index contributed by atoms with van der Waals surface area (Å²) in [6.07, 6.45) is 0. The van der Waals surface area contributed by atoms with Crippen LogP contribution in [0.15, 0.2) is 42.5 Å². The first-order chi connectivity index (χ1) is 11.5. The van der Waals surface area contributed by atoms with Gasteiger partial charge in [-0.05, 0) is 55.5 Å². The summed E-state index contributed by atoms with van der Waals surface area (Å²) >= 11 is 5.07. The molecule has 2 N–H and O–H groups in total. The predicted octanol–water partition coefficient (Wildman–Crippen LogP) is 3.73. The number of anilines is 1. The molecule has 2 aromatic rings. The summed E-state index contributed by atoms with van der Waals surface area (Å²) in [5.41, 5.74) is -0.279. The van der Waals surface area contributed by atoms with E-state index < -0.39 is 11.6 Å². The molecule has 2 aromatic carbocycles. The molecule has 0 aliphatic rings. The van der Waals surface area contributed by atoms with E-state index >= 15 is 0 Å². The number of halogens is 2. The number of methoxy groups -OCH3 is 1. The molecule has 0 spiro atoms. The van der Waals surface area contributed by atoms with Crippen LogP contribution < -0.4 is 20.1 Å². The highest BCUT2D eigenvalue weighted by Crippen LogP contribution is 2.18. The number of rotatable bonds is 6. The van der Waals surface area contributed by atoms with Gasteiger partial charge < -0.3 is 20.1 Å². The minimum absolute atomic E-state index is 0.116.